The van der Waals surface area contributed by atoms with E-state index in [1.165, 1.54) is 12.1 Å². The fourth-order valence-corrected chi connectivity index (χ4v) is 1.71. The summed E-state index contributed by atoms with van der Waals surface area (Å²) in [5.74, 6) is -0.706. The number of pyridine rings is 1. The summed E-state index contributed by atoms with van der Waals surface area (Å²) in [6, 6.07) is 2.77. The van der Waals surface area contributed by atoms with Crippen molar-refractivity contribution in [2.24, 2.45) is 0 Å². The molecule has 0 bridgehead atoms. The molecular weight excluding hydrogens is 246 g/mol. The van der Waals surface area contributed by atoms with Gasteiger partial charge in [-0.2, -0.15) is 0 Å². The summed E-state index contributed by atoms with van der Waals surface area (Å²) >= 11 is 0. The lowest BCUT2D eigenvalue weighted by Crippen LogP contribution is -2.38. The molecular formula is C13H17N3O3. The highest BCUT2D eigenvalue weighted by Gasteiger charge is 2.25. The molecule has 1 amide bonds. The summed E-state index contributed by atoms with van der Waals surface area (Å²) < 4.78 is 0. The Morgan fingerprint density at radius 3 is 2.68 bits per heavy atom. The molecule has 1 atom stereocenters. The molecule has 1 aliphatic carbocycles. The van der Waals surface area contributed by atoms with E-state index in [-0.39, 0.29) is 11.5 Å². The van der Waals surface area contributed by atoms with Crippen molar-refractivity contribution in [3.8, 4) is 0 Å². The number of carbonyl (C=O) groups is 2. The number of amides is 1. The molecule has 0 radical (unpaired) electrons. The van der Waals surface area contributed by atoms with Crippen LogP contribution in [0.25, 0.3) is 0 Å². The molecule has 1 heterocycles. The third-order valence-electron chi connectivity index (χ3n) is 2.88. The van der Waals surface area contributed by atoms with Crippen LogP contribution >= 0.6 is 0 Å². The smallest absolute Gasteiger partial charge is 0.335 e. The van der Waals surface area contributed by atoms with Crippen LogP contribution in [0.5, 0.6) is 0 Å². The number of anilines is 1. The second-order valence-electron chi connectivity index (χ2n) is 4.84. The number of aromatic nitrogens is 1. The Hall–Kier alpha value is -2.11. The van der Waals surface area contributed by atoms with Gasteiger partial charge in [-0.25, -0.2) is 9.78 Å². The molecule has 6 nitrogen and oxygen atoms in total. The van der Waals surface area contributed by atoms with Gasteiger partial charge in [0, 0.05) is 11.7 Å². The average molecular weight is 263 g/mol. The van der Waals surface area contributed by atoms with Gasteiger partial charge >= 0.3 is 5.97 Å². The molecule has 102 valence electrons. The van der Waals surface area contributed by atoms with Crippen molar-refractivity contribution in [1.29, 1.82) is 0 Å². The van der Waals surface area contributed by atoms with Gasteiger partial charge in [0.1, 0.15) is 11.9 Å². The first-order valence-corrected chi connectivity index (χ1v) is 6.24. The van der Waals surface area contributed by atoms with Gasteiger partial charge in [0.2, 0.25) is 5.91 Å². The zero-order chi connectivity index (χ0) is 14.0. The predicted molar refractivity (Wildman–Crippen MR) is 70.2 cm³/mol. The summed E-state index contributed by atoms with van der Waals surface area (Å²) in [5.41, 5.74) is 0.752. The van der Waals surface area contributed by atoms with Crippen LogP contribution in [0.2, 0.25) is 0 Å². The van der Waals surface area contributed by atoms with Crippen LogP contribution < -0.4 is 10.6 Å². The molecule has 19 heavy (non-hydrogen) atoms. The Morgan fingerprint density at radius 1 is 1.42 bits per heavy atom. The lowest BCUT2D eigenvalue weighted by Gasteiger charge is -2.15. The zero-order valence-electron chi connectivity index (χ0n) is 10.9. The number of aromatic carboxylic acids is 1. The van der Waals surface area contributed by atoms with Crippen LogP contribution in [0.3, 0.4) is 0 Å². The maximum atomic E-state index is 11.8. The molecule has 1 saturated carbocycles. The molecule has 0 aliphatic heterocycles. The lowest BCUT2D eigenvalue weighted by molar-refractivity contribution is -0.121. The number of hydrogen-bond acceptors (Lipinski definition) is 4. The highest BCUT2D eigenvalue weighted by molar-refractivity contribution is 5.89. The van der Waals surface area contributed by atoms with Crippen molar-refractivity contribution in [2.45, 2.75) is 38.8 Å². The minimum atomic E-state index is -1.01. The largest absolute Gasteiger partial charge is 0.478 e. The molecule has 3 N–H and O–H groups in total. The van der Waals surface area contributed by atoms with E-state index in [0.717, 1.165) is 12.8 Å². The summed E-state index contributed by atoms with van der Waals surface area (Å²) in [6.45, 7) is 3.44. The molecule has 6 heteroatoms. The highest BCUT2D eigenvalue weighted by Crippen LogP contribution is 2.19. The van der Waals surface area contributed by atoms with Crippen molar-refractivity contribution in [3.63, 3.8) is 0 Å². The summed E-state index contributed by atoms with van der Waals surface area (Å²) in [6.07, 6.45) is 2.06. The minimum Gasteiger partial charge on any atom is -0.478 e. The van der Waals surface area contributed by atoms with E-state index < -0.39 is 12.0 Å². The van der Waals surface area contributed by atoms with Gasteiger partial charge in [0.05, 0.1) is 5.56 Å². The van der Waals surface area contributed by atoms with E-state index in [4.69, 9.17) is 5.11 Å². The van der Waals surface area contributed by atoms with Crippen LogP contribution in [0.4, 0.5) is 5.82 Å². The predicted octanol–water partition coefficient (Wildman–Crippen LogP) is 1.17. The topological polar surface area (TPSA) is 91.3 Å². The quantitative estimate of drug-likeness (QED) is 0.741. The van der Waals surface area contributed by atoms with Gasteiger partial charge < -0.3 is 15.7 Å². The number of carboxylic acid groups (broad SMARTS) is 1. The molecule has 0 spiro atoms. The molecule has 2 rings (SSSR count). The Kier molecular flexibility index (Phi) is 3.69. The number of rotatable bonds is 5. The number of nitrogens with one attached hydrogen (secondary N) is 2. The average Bonchev–Trinajstić information content (AvgIpc) is 3.11. The first kappa shape index (κ1) is 13.3. The number of hydrogen-bond donors (Lipinski definition) is 3. The zero-order valence-corrected chi connectivity index (χ0v) is 10.9. The lowest BCUT2D eigenvalue weighted by atomic mass is 10.2. The summed E-state index contributed by atoms with van der Waals surface area (Å²) in [7, 11) is 0. The van der Waals surface area contributed by atoms with Gasteiger partial charge in [0.15, 0.2) is 0 Å². The van der Waals surface area contributed by atoms with E-state index >= 15 is 0 Å². The first-order valence-electron chi connectivity index (χ1n) is 6.24. The molecule has 1 aromatic heterocycles. The maximum absolute atomic E-state index is 11.8. The van der Waals surface area contributed by atoms with Crippen LogP contribution in [0.15, 0.2) is 12.1 Å². The first-order chi connectivity index (χ1) is 8.95. The SMILES string of the molecule is Cc1cc(C(=O)O)cc(NC(C)C(=O)NC2CC2)n1. The van der Waals surface area contributed by atoms with Crippen LogP contribution in [0.1, 0.15) is 35.8 Å². The molecule has 1 fully saturated rings. The molecule has 0 aromatic carbocycles. The number of carboxylic acids is 1. The second kappa shape index (κ2) is 5.26. The van der Waals surface area contributed by atoms with Crippen molar-refractivity contribution < 1.29 is 14.7 Å². The van der Waals surface area contributed by atoms with Gasteiger partial charge in [-0.15, -0.1) is 0 Å². The van der Waals surface area contributed by atoms with Gasteiger partial charge in [-0.3, -0.25) is 4.79 Å². The van der Waals surface area contributed by atoms with E-state index in [9.17, 15) is 9.59 Å². The number of aryl methyl sites for hydroxylation is 1. The van der Waals surface area contributed by atoms with E-state index in [2.05, 4.69) is 15.6 Å². The summed E-state index contributed by atoms with van der Waals surface area (Å²) in [5, 5.41) is 14.8. The third-order valence-corrected chi connectivity index (χ3v) is 2.88. The standard InChI is InChI=1S/C13H17N3O3/c1-7-5-9(13(18)19)6-11(14-7)15-8(2)12(17)16-10-3-4-10/h5-6,8,10H,3-4H2,1-2H3,(H,14,15)(H,16,17)(H,18,19). The van der Waals surface area contributed by atoms with Crippen LogP contribution in [-0.4, -0.2) is 34.1 Å². The van der Waals surface area contributed by atoms with Gasteiger partial charge in [0.25, 0.3) is 0 Å². The Labute approximate surface area is 111 Å². The van der Waals surface area contributed by atoms with Gasteiger partial charge in [-0.1, -0.05) is 0 Å². The molecule has 1 aliphatic rings. The highest BCUT2D eigenvalue weighted by atomic mass is 16.4. The third kappa shape index (κ3) is 3.67. The number of carbonyl (C=O) groups excluding carboxylic acids is 1. The Balaban J connectivity index is 2.04. The Bertz CT molecular complexity index is 512. The molecule has 1 aromatic rings. The second-order valence-corrected chi connectivity index (χ2v) is 4.84. The Morgan fingerprint density at radius 2 is 2.11 bits per heavy atom. The molecule has 0 saturated heterocycles. The number of nitrogens with zero attached hydrogens (tertiary/aromatic N) is 1. The normalized spacial score (nSPS) is 15.7. The van der Waals surface area contributed by atoms with Crippen molar-refractivity contribution in [1.82, 2.24) is 10.3 Å². The van der Waals surface area contributed by atoms with Gasteiger partial charge in [-0.05, 0) is 38.8 Å². The van der Waals surface area contributed by atoms with Crippen molar-refractivity contribution in [2.75, 3.05) is 5.32 Å². The fraction of sp³-hybridized carbons (Fsp3) is 0.462. The fourth-order valence-electron chi connectivity index (χ4n) is 1.71. The van der Waals surface area contributed by atoms with Crippen molar-refractivity contribution >= 4 is 17.7 Å². The summed E-state index contributed by atoms with van der Waals surface area (Å²) in [4.78, 5) is 26.9. The van der Waals surface area contributed by atoms with Crippen LogP contribution in [-0.2, 0) is 4.79 Å². The monoisotopic (exact) mass is 263 g/mol. The van der Waals surface area contributed by atoms with Crippen molar-refractivity contribution in [3.05, 3.63) is 23.4 Å². The minimum absolute atomic E-state index is 0.0947. The maximum Gasteiger partial charge on any atom is 0.335 e. The van der Waals surface area contributed by atoms with E-state index in [1.54, 1.807) is 13.8 Å². The van der Waals surface area contributed by atoms with E-state index in [0.29, 0.717) is 17.6 Å². The van der Waals surface area contributed by atoms with Crippen LogP contribution in [0, 0.1) is 6.92 Å². The molecule has 1 unspecified atom stereocenters. The van der Waals surface area contributed by atoms with E-state index in [1.807, 2.05) is 0 Å².